The van der Waals surface area contributed by atoms with E-state index in [4.69, 9.17) is 15.7 Å². The first kappa shape index (κ1) is 12.0. The molecule has 1 aliphatic rings. The zero-order valence-electron chi connectivity index (χ0n) is 9.53. The Morgan fingerprint density at radius 2 is 2.29 bits per heavy atom. The fraction of sp³-hybridized carbons (Fsp3) is 0.462. The van der Waals surface area contributed by atoms with Crippen LogP contribution >= 0.6 is 0 Å². The fourth-order valence-electron chi connectivity index (χ4n) is 2.11. The first-order valence-electron chi connectivity index (χ1n) is 5.76. The largest absolute Gasteiger partial charge is 0.372 e. The predicted molar refractivity (Wildman–Crippen MR) is 61.5 cm³/mol. The predicted octanol–water partition coefficient (Wildman–Crippen LogP) is 2.09. The van der Waals surface area contributed by atoms with Gasteiger partial charge in [0.1, 0.15) is 5.82 Å². The number of nitrogens with two attached hydrogens (primary N) is 1. The minimum Gasteiger partial charge on any atom is -0.372 e. The number of nitrogens with zero attached hydrogens (tertiary/aromatic N) is 1. The monoisotopic (exact) mass is 234 g/mol. The molecule has 0 radical (unpaired) electrons. The van der Waals surface area contributed by atoms with Crippen molar-refractivity contribution in [3.05, 3.63) is 35.1 Å². The fourth-order valence-corrected chi connectivity index (χ4v) is 2.11. The van der Waals surface area contributed by atoms with Gasteiger partial charge in [0.25, 0.3) is 0 Å². The molecule has 2 atom stereocenters. The third-order valence-electron chi connectivity index (χ3n) is 3.13. The van der Waals surface area contributed by atoms with Gasteiger partial charge in [-0.3, -0.25) is 0 Å². The molecule has 17 heavy (non-hydrogen) atoms. The standard InChI is InChI=1S/C13H15FN2O/c14-11-5-4-9(7-15)6-10(11)8-17-13-3-1-2-12(13)16/h4-6,12-13H,1-3,8,16H2. The number of halogens is 1. The summed E-state index contributed by atoms with van der Waals surface area (Å²) in [6.45, 7) is 0.180. The molecule has 0 bridgehead atoms. The van der Waals surface area contributed by atoms with Crippen LogP contribution in [0.4, 0.5) is 4.39 Å². The number of hydrogen-bond acceptors (Lipinski definition) is 3. The Morgan fingerprint density at radius 1 is 1.47 bits per heavy atom. The number of benzene rings is 1. The summed E-state index contributed by atoms with van der Waals surface area (Å²) in [4.78, 5) is 0. The zero-order chi connectivity index (χ0) is 12.3. The molecule has 1 aromatic carbocycles. The van der Waals surface area contributed by atoms with Gasteiger partial charge in [0.05, 0.1) is 24.3 Å². The van der Waals surface area contributed by atoms with E-state index < -0.39 is 0 Å². The van der Waals surface area contributed by atoms with E-state index in [0.29, 0.717) is 11.1 Å². The van der Waals surface area contributed by atoms with Crippen LogP contribution < -0.4 is 5.73 Å². The van der Waals surface area contributed by atoms with E-state index in [1.54, 1.807) is 0 Å². The van der Waals surface area contributed by atoms with E-state index in [1.807, 2.05) is 6.07 Å². The smallest absolute Gasteiger partial charge is 0.128 e. The van der Waals surface area contributed by atoms with Gasteiger partial charge in [0.2, 0.25) is 0 Å². The summed E-state index contributed by atoms with van der Waals surface area (Å²) in [6.07, 6.45) is 2.97. The Morgan fingerprint density at radius 3 is 2.94 bits per heavy atom. The molecule has 4 heteroatoms. The lowest BCUT2D eigenvalue weighted by Crippen LogP contribution is -2.31. The van der Waals surface area contributed by atoms with E-state index in [-0.39, 0.29) is 24.6 Å². The van der Waals surface area contributed by atoms with E-state index in [9.17, 15) is 4.39 Å². The van der Waals surface area contributed by atoms with Gasteiger partial charge >= 0.3 is 0 Å². The molecule has 2 unspecified atom stereocenters. The van der Waals surface area contributed by atoms with Crippen LogP contribution in [-0.4, -0.2) is 12.1 Å². The van der Waals surface area contributed by atoms with Gasteiger partial charge in [-0.25, -0.2) is 4.39 Å². The number of rotatable bonds is 3. The van der Waals surface area contributed by atoms with Gasteiger partial charge < -0.3 is 10.5 Å². The zero-order valence-corrected chi connectivity index (χ0v) is 9.53. The van der Waals surface area contributed by atoms with Crippen LogP contribution in [0.15, 0.2) is 18.2 Å². The van der Waals surface area contributed by atoms with E-state index in [0.717, 1.165) is 19.3 Å². The Balaban J connectivity index is 2.01. The molecule has 1 fully saturated rings. The van der Waals surface area contributed by atoms with Crippen LogP contribution in [-0.2, 0) is 11.3 Å². The van der Waals surface area contributed by atoms with Gasteiger partial charge in [-0.2, -0.15) is 5.26 Å². The lowest BCUT2D eigenvalue weighted by atomic mass is 10.1. The van der Waals surface area contributed by atoms with E-state index in [2.05, 4.69) is 0 Å². The normalized spacial score (nSPS) is 23.6. The molecule has 0 heterocycles. The average molecular weight is 234 g/mol. The lowest BCUT2D eigenvalue weighted by molar-refractivity contribution is 0.0342. The highest BCUT2D eigenvalue weighted by Gasteiger charge is 2.24. The van der Waals surface area contributed by atoms with Crippen LogP contribution in [0.25, 0.3) is 0 Å². The molecule has 0 amide bonds. The summed E-state index contributed by atoms with van der Waals surface area (Å²) in [5.74, 6) is -0.337. The Hall–Kier alpha value is -1.44. The molecular weight excluding hydrogens is 219 g/mol. The highest BCUT2D eigenvalue weighted by Crippen LogP contribution is 2.22. The molecule has 0 aromatic heterocycles. The van der Waals surface area contributed by atoms with E-state index in [1.165, 1.54) is 18.2 Å². The summed E-state index contributed by atoms with van der Waals surface area (Å²) < 4.78 is 19.1. The number of hydrogen-bond donors (Lipinski definition) is 1. The van der Waals surface area contributed by atoms with Crippen molar-refractivity contribution in [2.75, 3.05) is 0 Å². The molecule has 2 rings (SSSR count). The van der Waals surface area contributed by atoms with Crippen molar-refractivity contribution in [2.24, 2.45) is 5.73 Å². The maximum Gasteiger partial charge on any atom is 0.128 e. The lowest BCUT2D eigenvalue weighted by Gasteiger charge is -2.16. The second-order valence-corrected chi connectivity index (χ2v) is 4.36. The maximum atomic E-state index is 13.5. The summed E-state index contributed by atoms with van der Waals surface area (Å²) in [5.41, 5.74) is 6.73. The summed E-state index contributed by atoms with van der Waals surface area (Å²) in [6, 6.07) is 6.32. The summed E-state index contributed by atoms with van der Waals surface area (Å²) >= 11 is 0. The minimum absolute atomic E-state index is 0.0140. The molecule has 0 aliphatic heterocycles. The van der Waals surface area contributed by atoms with Crippen molar-refractivity contribution >= 4 is 0 Å². The van der Waals surface area contributed by atoms with Gasteiger partial charge in [-0.1, -0.05) is 0 Å². The highest BCUT2D eigenvalue weighted by atomic mass is 19.1. The van der Waals surface area contributed by atoms with Crippen LogP contribution in [0.5, 0.6) is 0 Å². The Kier molecular flexibility index (Phi) is 3.72. The van der Waals surface area contributed by atoms with Crippen LogP contribution in [0.3, 0.4) is 0 Å². The third kappa shape index (κ3) is 2.82. The van der Waals surface area contributed by atoms with Crippen molar-refractivity contribution in [3.8, 4) is 6.07 Å². The van der Waals surface area contributed by atoms with Crippen molar-refractivity contribution in [1.82, 2.24) is 0 Å². The van der Waals surface area contributed by atoms with Crippen LogP contribution in [0, 0.1) is 17.1 Å². The molecule has 0 saturated heterocycles. The Bertz CT molecular complexity index is 442. The van der Waals surface area contributed by atoms with Gasteiger partial charge in [0.15, 0.2) is 0 Å². The topological polar surface area (TPSA) is 59.0 Å². The molecule has 3 nitrogen and oxygen atoms in total. The second-order valence-electron chi connectivity index (χ2n) is 4.36. The van der Waals surface area contributed by atoms with Crippen LogP contribution in [0.2, 0.25) is 0 Å². The number of ether oxygens (including phenoxy) is 1. The van der Waals surface area contributed by atoms with Crippen molar-refractivity contribution in [2.45, 2.75) is 38.0 Å². The Labute approximate surface area is 100.0 Å². The molecule has 2 N–H and O–H groups in total. The summed E-state index contributed by atoms with van der Waals surface area (Å²) in [7, 11) is 0. The minimum atomic E-state index is -0.337. The first-order valence-corrected chi connectivity index (χ1v) is 5.76. The maximum absolute atomic E-state index is 13.5. The molecule has 0 spiro atoms. The van der Waals surface area contributed by atoms with E-state index >= 15 is 0 Å². The molecule has 1 aromatic rings. The second kappa shape index (κ2) is 5.26. The van der Waals surface area contributed by atoms with Crippen LogP contribution in [0.1, 0.15) is 30.4 Å². The molecule has 1 saturated carbocycles. The average Bonchev–Trinajstić information content (AvgIpc) is 2.74. The highest BCUT2D eigenvalue weighted by molar-refractivity contribution is 5.33. The third-order valence-corrected chi connectivity index (χ3v) is 3.13. The first-order chi connectivity index (χ1) is 8.20. The van der Waals surface area contributed by atoms with Gasteiger partial charge in [-0.15, -0.1) is 0 Å². The van der Waals surface area contributed by atoms with Crippen molar-refractivity contribution < 1.29 is 9.13 Å². The molecule has 1 aliphatic carbocycles. The SMILES string of the molecule is N#Cc1ccc(F)c(COC2CCCC2N)c1. The van der Waals surface area contributed by atoms with Gasteiger partial charge in [0, 0.05) is 11.6 Å². The number of nitriles is 1. The quantitative estimate of drug-likeness (QED) is 0.871. The van der Waals surface area contributed by atoms with Crippen molar-refractivity contribution in [3.63, 3.8) is 0 Å². The molecule has 90 valence electrons. The molecular formula is C13H15FN2O. The van der Waals surface area contributed by atoms with Gasteiger partial charge in [-0.05, 0) is 37.5 Å². The summed E-state index contributed by atoms with van der Waals surface area (Å²) in [5, 5.41) is 8.74. The van der Waals surface area contributed by atoms with Crippen molar-refractivity contribution in [1.29, 1.82) is 5.26 Å².